The summed E-state index contributed by atoms with van der Waals surface area (Å²) in [5.74, 6) is 0. The summed E-state index contributed by atoms with van der Waals surface area (Å²) in [6, 6.07) is -1.47. The van der Waals surface area contributed by atoms with Gasteiger partial charge >= 0.3 is 0 Å². The average molecular weight is 499 g/mol. The van der Waals surface area contributed by atoms with Crippen molar-refractivity contribution in [2.75, 3.05) is 6.26 Å². The van der Waals surface area contributed by atoms with E-state index in [1.54, 1.807) is 0 Å². The van der Waals surface area contributed by atoms with Gasteiger partial charge in [-0.3, -0.25) is 9.11 Å². The first-order valence-corrected chi connectivity index (χ1v) is 15.3. The summed E-state index contributed by atoms with van der Waals surface area (Å²) in [6.07, 6.45) is 0.757. The summed E-state index contributed by atoms with van der Waals surface area (Å²) >= 11 is 0. The predicted molar refractivity (Wildman–Crippen MR) is 104 cm³/mol. The van der Waals surface area contributed by atoms with Crippen LogP contribution in [-0.4, -0.2) is 76.9 Å². The highest BCUT2D eigenvalue weighted by molar-refractivity contribution is 7.90. The number of nitrogens with one attached hydrogen (secondary N) is 2. The largest absolute Gasteiger partial charge is 0.285 e. The Bertz CT molecular complexity index is 971. The van der Waals surface area contributed by atoms with E-state index in [1.165, 1.54) is 0 Å². The van der Waals surface area contributed by atoms with Gasteiger partial charge in [0.1, 0.15) is 0 Å². The Morgan fingerprint density at radius 2 is 1.07 bits per heavy atom. The molecule has 0 aromatic carbocycles. The highest BCUT2D eigenvalue weighted by Gasteiger charge is 2.43. The van der Waals surface area contributed by atoms with Crippen LogP contribution in [0.3, 0.4) is 0 Å². The summed E-state index contributed by atoms with van der Waals surface area (Å²) in [5, 5.41) is -3.90. The molecule has 0 heterocycles. The van der Waals surface area contributed by atoms with Crippen LogP contribution in [0.4, 0.5) is 0 Å². The van der Waals surface area contributed by atoms with Crippen LogP contribution in [0.25, 0.3) is 0 Å². The Labute approximate surface area is 171 Å². The molecule has 172 valence electrons. The first-order chi connectivity index (χ1) is 13.0. The lowest BCUT2D eigenvalue weighted by Crippen LogP contribution is -2.50. The number of hydrogen-bond acceptors (Lipinski definition) is 8. The molecule has 2 fully saturated rings. The zero-order chi connectivity index (χ0) is 22.3. The minimum absolute atomic E-state index is 0.165. The molecular formula is C13H26N2O10S4. The van der Waals surface area contributed by atoms with Crippen LogP contribution >= 0.6 is 0 Å². The zero-order valence-electron chi connectivity index (χ0n) is 15.6. The van der Waals surface area contributed by atoms with Crippen molar-refractivity contribution in [3.8, 4) is 0 Å². The Morgan fingerprint density at radius 1 is 0.621 bits per heavy atom. The molecule has 12 nitrogen and oxygen atoms in total. The summed E-state index contributed by atoms with van der Waals surface area (Å²) in [5.41, 5.74) is 0. The van der Waals surface area contributed by atoms with Gasteiger partial charge in [0.25, 0.3) is 20.2 Å². The van der Waals surface area contributed by atoms with Crippen LogP contribution in [0.1, 0.15) is 44.9 Å². The van der Waals surface area contributed by atoms with Gasteiger partial charge in [0.2, 0.25) is 20.0 Å². The molecule has 2 aliphatic carbocycles. The van der Waals surface area contributed by atoms with E-state index >= 15 is 0 Å². The topological polar surface area (TPSA) is 201 Å². The van der Waals surface area contributed by atoms with Gasteiger partial charge in [0.15, 0.2) is 0 Å². The standard InChI is InChI=1S/C13H26N2O10S4/c1-26(16,17)14-9-2-4-11(5-3-9)27(18,19)15-10-6-12(28(20,21)22)8-13(7-10)29(23,24)25/h9-15H,2-8H2,1H3,(H,20,21,22)(H,23,24,25). The fraction of sp³-hybridized carbons (Fsp3) is 1.00. The highest BCUT2D eigenvalue weighted by Crippen LogP contribution is 2.30. The fourth-order valence-corrected chi connectivity index (χ4v) is 8.53. The second-order valence-corrected chi connectivity index (χ2v) is 14.9. The minimum atomic E-state index is -4.63. The van der Waals surface area contributed by atoms with Crippen molar-refractivity contribution < 1.29 is 42.8 Å². The smallest absolute Gasteiger partial charge is 0.267 e. The molecule has 0 aromatic rings. The van der Waals surface area contributed by atoms with E-state index in [2.05, 4.69) is 9.44 Å². The lowest BCUT2D eigenvalue weighted by Gasteiger charge is -2.34. The molecule has 2 unspecified atom stereocenters. The van der Waals surface area contributed by atoms with Crippen molar-refractivity contribution in [1.29, 1.82) is 0 Å². The van der Waals surface area contributed by atoms with Gasteiger partial charge in [0, 0.05) is 12.1 Å². The van der Waals surface area contributed by atoms with Gasteiger partial charge in [-0.25, -0.2) is 26.3 Å². The Hall–Kier alpha value is -0.360. The van der Waals surface area contributed by atoms with Crippen molar-refractivity contribution in [2.24, 2.45) is 0 Å². The SMILES string of the molecule is CS(=O)(=O)NC1CCC(S(=O)(=O)NC2CC(S(=O)(=O)O)CC(S(=O)(=O)O)C2)CC1. The molecule has 0 aliphatic heterocycles. The maximum absolute atomic E-state index is 12.7. The molecule has 29 heavy (non-hydrogen) atoms. The van der Waals surface area contributed by atoms with E-state index in [-0.39, 0.29) is 31.7 Å². The monoisotopic (exact) mass is 498 g/mol. The molecule has 4 N–H and O–H groups in total. The second kappa shape index (κ2) is 8.64. The normalized spacial score (nSPS) is 32.7. The summed E-state index contributed by atoms with van der Waals surface area (Å²) in [7, 11) is -16.6. The third-order valence-electron chi connectivity index (χ3n) is 5.29. The molecule has 0 spiro atoms. The first kappa shape index (κ1) is 24.9. The van der Waals surface area contributed by atoms with Crippen molar-refractivity contribution in [3.63, 3.8) is 0 Å². The van der Waals surface area contributed by atoms with Crippen molar-refractivity contribution in [2.45, 2.75) is 72.8 Å². The number of rotatable bonds is 7. The van der Waals surface area contributed by atoms with Crippen molar-refractivity contribution in [1.82, 2.24) is 9.44 Å². The molecule has 2 aliphatic rings. The van der Waals surface area contributed by atoms with Crippen LogP contribution in [0.15, 0.2) is 0 Å². The number of hydrogen-bond donors (Lipinski definition) is 4. The maximum Gasteiger partial charge on any atom is 0.267 e. The van der Waals surface area contributed by atoms with Crippen LogP contribution in [-0.2, 0) is 40.3 Å². The van der Waals surface area contributed by atoms with E-state index in [4.69, 9.17) is 0 Å². The van der Waals surface area contributed by atoms with Gasteiger partial charge in [-0.2, -0.15) is 16.8 Å². The molecule has 2 rings (SSSR count). The Morgan fingerprint density at radius 3 is 1.45 bits per heavy atom. The maximum atomic E-state index is 12.7. The molecular weight excluding hydrogens is 472 g/mol. The Kier molecular flexibility index (Phi) is 7.42. The van der Waals surface area contributed by atoms with Gasteiger partial charge in [-0.1, -0.05) is 0 Å². The predicted octanol–water partition coefficient (Wildman–Crippen LogP) is -1.17. The van der Waals surface area contributed by atoms with Gasteiger partial charge < -0.3 is 0 Å². The molecule has 0 radical (unpaired) electrons. The first-order valence-electron chi connectivity index (χ1n) is 8.88. The summed E-state index contributed by atoms with van der Waals surface area (Å²) in [6.45, 7) is 0. The van der Waals surface area contributed by atoms with Crippen LogP contribution in [0.2, 0.25) is 0 Å². The van der Waals surface area contributed by atoms with E-state index in [0.717, 1.165) is 6.26 Å². The van der Waals surface area contributed by atoms with Crippen LogP contribution < -0.4 is 9.44 Å². The van der Waals surface area contributed by atoms with Crippen LogP contribution in [0, 0.1) is 0 Å². The van der Waals surface area contributed by atoms with E-state index in [1.807, 2.05) is 0 Å². The second-order valence-electron chi connectivity index (χ2n) is 7.70. The van der Waals surface area contributed by atoms with Gasteiger partial charge in [-0.05, 0) is 44.9 Å². The van der Waals surface area contributed by atoms with E-state index in [0.29, 0.717) is 12.8 Å². The molecule has 2 atom stereocenters. The van der Waals surface area contributed by atoms with E-state index in [9.17, 15) is 42.8 Å². The minimum Gasteiger partial charge on any atom is -0.285 e. The van der Waals surface area contributed by atoms with Crippen LogP contribution in [0.5, 0.6) is 0 Å². The molecule has 2 saturated carbocycles. The highest BCUT2D eigenvalue weighted by atomic mass is 32.2. The Balaban J connectivity index is 2.08. The average Bonchev–Trinajstić information content (AvgIpc) is 2.51. The molecule has 0 bridgehead atoms. The lowest BCUT2D eigenvalue weighted by molar-refractivity contribution is 0.360. The lowest BCUT2D eigenvalue weighted by atomic mass is 9.95. The van der Waals surface area contributed by atoms with Gasteiger partial charge in [-0.15, -0.1) is 0 Å². The number of sulfonamides is 2. The summed E-state index contributed by atoms with van der Waals surface area (Å²) in [4.78, 5) is 0. The van der Waals surface area contributed by atoms with Crippen molar-refractivity contribution in [3.05, 3.63) is 0 Å². The quantitative estimate of drug-likeness (QED) is 0.310. The van der Waals surface area contributed by atoms with Crippen molar-refractivity contribution >= 4 is 40.3 Å². The van der Waals surface area contributed by atoms with E-state index < -0.39 is 68.5 Å². The fourth-order valence-electron chi connectivity index (χ4n) is 3.92. The summed E-state index contributed by atoms with van der Waals surface area (Å²) < 4.78 is 117. The molecule has 16 heteroatoms. The molecule has 0 saturated heterocycles. The zero-order valence-corrected chi connectivity index (χ0v) is 18.9. The third-order valence-corrected chi connectivity index (χ3v) is 10.5. The molecule has 0 amide bonds. The van der Waals surface area contributed by atoms with Gasteiger partial charge in [0.05, 0.1) is 22.0 Å². The third kappa shape index (κ3) is 7.37. The molecule has 0 aromatic heterocycles.